The molecule has 0 radical (unpaired) electrons. The molecule has 10 heteroatoms. The first-order chi connectivity index (χ1) is 18.4. The zero-order chi connectivity index (χ0) is 27.1. The molecule has 0 spiro atoms. The summed E-state index contributed by atoms with van der Waals surface area (Å²) in [6.45, 7) is 3.84. The quantitative estimate of drug-likeness (QED) is 0.176. The number of carbonyl (C=O) groups is 1. The number of nitrogens with one attached hydrogen (secondary N) is 1. The van der Waals surface area contributed by atoms with Gasteiger partial charge >= 0.3 is 0 Å². The summed E-state index contributed by atoms with van der Waals surface area (Å²) < 4.78 is 17.9. The highest BCUT2D eigenvalue weighted by atomic mass is 32.2. The molecule has 1 heterocycles. The normalized spacial score (nSPS) is 11.2. The number of benzene rings is 3. The highest BCUT2D eigenvalue weighted by Crippen LogP contribution is 2.30. The van der Waals surface area contributed by atoms with Crippen LogP contribution in [0.4, 0.5) is 0 Å². The van der Waals surface area contributed by atoms with Crippen LogP contribution in [0.1, 0.15) is 18.1 Å². The number of hydrogen-bond acceptors (Lipinski definition) is 8. The average molecular weight is 532 g/mol. The maximum absolute atomic E-state index is 12.7. The fraction of sp³-hybridized carbons (Fsp3) is 0.214. The largest absolute Gasteiger partial charge is 0.497 e. The molecule has 196 valence electrons. The zero-order valence-corrected chi connectivity index (χ0v) is 22.7. The van der Waals surface area contributed by atoms with E-state index >= 15 is 0 Å². The molecule has 0 aliphatic carbocycles. The molecule has 0 saturated heterocycles. The number of methoxy groups -OCH3 is 3. The molecule has 3 aromatic carbocycles. The molecule has 0 bridgehead atoms. The number of aryl methyl sites for hydroxylation is 1. The van der Waals surface area contributed by atoms with Gasteiger partial charge in [0, 0.05) is 16.8 Å². The summed E-state index contributed by atoms with van der Waals surface area (Å²) in [7, 11) is 4.78. The van der Waals surface area contributed by atoms with Crippen molar-refractivity contribution in [3.8, 4) is 34.3 Å². The minimum Gasteiger partial charge on any atom is -0.497 e. The van der Waals surface area contributed by atoms with Crippen LogP contribution >= 0.6 is 11.8 Å². The van der Waals surface area contributed by atoms with Crippen LogP contribution in [0.3, 0.4) is 0 Å². The van der Waals surface area contributed by atoms with Crippen molar-refractivity contribution in [2.75, 3.05) is 27.1 Å². The third-order valence-electron chi connectivity index (χ3n) is 5.76. The standard InChI is InChI=1S/C28H29N5O4S/c1-18-6-8-20(9-7-18)27-31-32-28(33(27)22-11-13-23(35-3)14-12-22)38-17-26(34)30-29-19(2)21-10-15-24(36-4)25(16-21)37-5/h6-16H,17H2,1-5H3,(H,30,34)/b29-19-. The molecular formula is C28H29N5O4S. The topological polar surface area (TPSA) is 99.9 Å². The molecule has 0 aliphatic rings. The van der Waals surface area contributed by atoms with Crippen molar-refractivity contribution < 1.29 is 19.0 Å². The van der Waals surface area contributed by atoms with Crippen molar-refractivity contribution in [2.24, 2.45) is 5.10 Å². The van der Waals surface area contributed by atoms with E-state index in [1.54, 1.807) is 27.4 Å². The van der Waals surface area contributed by atoms with Crippen LogP contribution in [0.25, 0.3) is 17.1 Å². The molecule has 1 N–H and O–H groups in total. The van der Waals surface area contributed by atoms with Crippen LogP contribution in [0, 0.1) is 6.92 Å². The van der Waals surface area contributed by atoms with Gasteiger partial charge in [-0.05, 0) is 56.3 Å². The molecule has 0 unspecified atom stereocenters. The van der Waals surface area contributed by atoms with Crippen molar-refractivity contribution in [1.82, 2.24) is 20.2 Å². The lowest BCUT2D eigenvalue weighted by molar-refractivity contribution is -0.118. The van der Waals surface area contributed by atoms with Crippen LogP contribution in [-0.4, -0.2) is 53.5 Å². The van der Waals surface area contributed by atoms with E-state index in [4.69, 9.17) is 14.2 Å². The van der Waals surface area contributed by atoms with Gasteiger partial charge in [0.25, 0.3) is 5.91 Å². The van der Waals surface area contributed by atoms with Crippen molar-refractivity contribution in [2.45, 2.75) is 19.0 Å². The first-order valence-electron chi connectivity index (χ1n) is 11.8. The number of thioether (sulfide) groups is 1. The molecule has 1 amide bonds. The lowest BCUT2D eigenvalue weighted by atomic mass is 10.1. The summed E-state index contributed by atoms with van der Waals surface area (Å²) in [6, 6.07) is 21.1. The van der Waals surface area contributed by atoms with Gasteiger partial charge in [-0.25, -0.2) is 5.43 Å². The number of carbonyl (C=O) groups excluding carboxylic acids is 1. The number of hydrazone groups is 1. The summed E-state index contributed by atoms with van der Waals surface area (Å²) in [4.78, 5) is 12.7. The Balaban J connectivity index is 1.52. The number of ether oxygens (including phenoxy) is 3. The van der Waals surface area contributed by atoms with Gasteiger partial charge in [0.1, 0.15) is 5.75 Å². The number of hydrogen-bond donors (Lipinski definition) is 1. The maximum atomic E-state index is 12.7. The molecule has 9 nitrogen and oxygen atoms in total. The van der Waals surface area contributed by atoms with E-state index in [-0.39, 0.29) is 11.7 Å². The Morgan fingerprint density at radius 1 is 0.921 bits per heavy atom. The Morgan fingerprint density at radius 2 is 1.63 bits per heavy atom. The zero-order valence-electron chi connectivity index (χ0n) is 21.9. The van der Waals surface area contributed by atoms with Gasteiger partial charge in [0.2, 0.25) is 0 Å². The van der Waals surface area contributed by atoms with E-state index in [0.717, 1.165) is 28.1 Å². The van der Waals surface area contributed by atoms with Crippen molar-refractivity contribution >= 4 is 23.4 Å². The number of rotatable bonds is 10. The molecule has 0 saturated carbocycles. The average Bonchev–Trinajstić information content (AvgIpc) is 3.38. The lowest BCUT2D eigenvalue weighted by Gasteiger charge is -2.11. The number of aromatic nitrogens is 3. The monoisotopic (exact) mass is 531 g/mol. The second-order valence-corrected chi connectivity index (χ2v) is 9.24. The molecule has 4 aromatic rings. The van der Waals surface area contributed by atoms with Gasteiger partial charge in [-0.15, -0.1) is 10.2 Å². The first-order valence-corrected chi connectivity index (χ1v) is 12.8. The molecule has 1 aromatic heterocycles. The molecule has 0 atom stereocenters. The second-order valence-electron chi connectivity index (χ2n) is 8.30. The number of amides is 1. The van der Waals surface area contributed by atoms with Gasteiger partial charge in [0.05, 0.1) is 32.8 Å². The molecular weight excluding hydrogens is 502 g/mol. The van der Waals surface area contributed by atoms with Crippen LogP contribution in [0.15, 0.2) is 77.0 Å². The van der Waals surface area contributed by atoms with Crippen LogP contribution in [0.2, 0.25) is 0 Å². The van der Waals surface area contributed by atoms with E-state index in [1.807, 2.05) is 79.1 Å². The predicted octanol–water partition coefficient (Wildman–Crippen LogP) is 4.90. The van der Waals surface area contributed by atoms with Crippen molar-refractivity contribution in [1.29, 1.82) is 0 Å². The summed E-state index contributed by atoms with van der Waals surface area (Å²) >= 11 is 1.28. The van der Waals surface area contributed by atoms with Gasteiger partial charge in [-0.3, -0.25) is 9.36 Å². The SMILES string of the molecule is COc1ccc(-n2c(SCC(=O)N/N=C(/C)c3ccc(OC)c(OC)c3)nnc2-c2ccc(C)cc2)cc1. The Bertz CT molecular complexity index is 1430. The van der Waals surface area contributed by atoms with E-state index in [1.165, 1.54) is 11.8 Å². The van der Waals surface area contributed by atoms with Gasteiger partial charge in [0.15, 0.2) is 22.5 Å². The maximum Gasteiger partial charge on any atom is 0.250 e. The Hall–Kier alpha value is -4.31. The van der Waals surface area contributed by atoms with E-state index in [9.17, 15) is 4.79 Å². The van der Waals surface area contributed by atoms with Crippen LogP contribution in [-0.2, 0) is 4.79 Å². The Labute approximate surface area is 225 Å². The molecule has 0 fully saturated rings. The molecule has 0 aliphatic heterocycles. The second kappa shape index (κ2) is 12.3. The fourth-order valence-electron chi connectivity index (χ4n) is 3.65. The summed E-state index contributed by atoms with van der Waals surface area (Å²) in [6.07, 6.45) is 0. The third kappa shape index (κ3) is 6.15. The van der Waals surface area contributed by atoms with Gasteiger partial charge in [-0.2, -0.15) is 5.10 Å². The van der Waals surface area contributed by atoms with E-state index in [0.29, 0.717) is 28.2 Å². The van der Waals surface area contributed by atoms with Crippen LogP contribution in [0.5, 0.6) is 17.2 Å². The summed E-state index contributed by atoms with van der Waals surface area (Å²) in [5.41, 5.74) is 6.99. The first kappa shape index (κ1) is 26.7. The molecule has 4 rings (SSSR count). The fourth-order valence-corrected chi connectivity index (χ4v) is 4.40. The highest BCUT2D eigenvalue weighted by molar-refractivity contribution is 7.99. The third-order valence-corrected chi connectivity index (χ3v) is 6.68. The van der Waals surface area contributed by atoms with Crippen molar-refractivity contribution in [3.05, 3.63) is 77.9 Å². The van der Waals surface area contributed by atoms with E-state index < -0.39 is 0 Å². The summed E-state index contributed by atoms with van der Waals surface area (Å²) in [5, 5.41) is 13.7. The van der Waals surface area contributed by atoms with Gasteiger partial charge < -0.3 is 14.2 Å². The smallest absolute Gasteiger partial charge is 0.250 e. The number of nitrogens with zero attached hydrogens (tertiary/aromatic N) is 4. The summed E-state index contributed by atoms with van der Waals surface area (Å²) in [5.74, 6) is 2.47. The Morgan fingerprint density at radius 3 is 2.29 bits per heavy atom. The Kier molecular flexibility index (Phi) is 8.65. The minimum absolute atomic E-state index is 0.102. The molecule has 38 heavy (non-hydrogen) atoms. The predicted molar refractivity (Wildman–Crippen MR) is 149 cm³/mol. The van der Waals surface area contributed by atoms with Gasteiger partial charge in [-0.1, -0.05) is 41.6 Å². The lowest BCUT2D eigenvalue weighted by Crippen LogP contribution is -2.21. The minimum atomic E-state index is -0.268. The van der Waals surface area contributed by atoms with E-state index in [2.05, 4.69) is 20.7 Å². The van der Waals surface area contributed by atoms with Crippen molar-refractivity contribution in [3.63, 3.8) is 0 Å². The van der Waals surface area contributed by atoms with Crippen LogP contribution < -0.4 is 19.6 Å². The highest BCUT2D eigenvalue weighted by Gasteiger charge is 2.17.